The molecule has 0 saturated heterocycles. The largest absolute Gasteiger partial charge is 0.505 e. The Morgan fingerprint density at radius 3 is 2.35 bits per heavy atom. The standard InChI is InChI=1S/C13H19N3O4/c1-12(2,13(3,4)14)11(18)15-10-8(16(19)20)6-5-7-9(10)17/h5-7,17H,14H2,1-4H3,(H,15,18). The van der Waals surface area contributed by atoms with Gasteiger partial charge in [0.2, 0.25) is 5.91 Å². The first kappa shape index (κ1) is 15.9. The highest BCUT2D eigenvalue weighted by Crippen LogP contribution is 2.36. The van der Waals surface area contributed by atoms with Crippen molar-refractivity contribution < 1.29 is 14.8 Å². The number of phenolic OH excluding ortho intramolecular Hbond substituents is 1. The van der Waals surface area contributed by atoms with E-state index in [0.29, 0.717) is 0 Å². The number of para-hydroxylation sites is 1. The quantitative estimate of drug-likeness (QED) is 0.443. The predicted molar refractivity (Wildman–Crippen MR) is 75.4 cm³/mol. The van der Waals surface area contributed by atoms with E-state index in [1.807, 2.05) is 0 Å². The highest BCUT2D eigenvalue weighted by Gasteiger charge is 2.41. The molecule has 1 amide bonds. The first-order valence-electron chi connectivity index (χ1n) is 6.05. The number of anilines is 1. The van der Waals surface area contributed by atoms with Crippen molar-refractivity contribution in [3.63, 3.8) is 0 Å². The van der Waals surface area contributed by atoms with Gasteiger partial charge in [-0.3, -0.25) is 14.9 Å². The van der Waals surface area contributed by atoms with Gasteiger partial charge in [0.05, 0.1) is 10.3 Å². The van der Waals surface area contributed by atoms with Crippen LogP contribution >= 0.6 is 0 Å². The number of nitrogens with zero attached hydrogens (tertiary/aromatic N) is 1. The number of benzene rings is 1. The van der Waals surface area contributed by atoms with Crippen LogP contribution in [-0.2, 0) is 4.79 Å². The second-order valence-corrected chi connectivity index (χ2v) is 5.73. The fraction of sp³-hybridized carbons (Fsp3) is 0.462. The van der Waals surface area contributed by atoms with Gasteiger partial charge in [0.1, 0.15) is 5.75 Å². The van der Waals surface area contributed by atoms with E-state index in [1.165, 1.54) is 18.2 Å². The zero-order chi connectivity index (χ0) is 15.7. The Bertz CT molecular complexity index is 547. The van der Waals surface area contributed by atoms with E-state index < -0.39 is 21.8 Å². The fourth-order valence-electron chi connectivity index (χ4n) is 1.37. The van der Waals surface area contributed by atoms with Crippen LogP contribution in [0.5, 0.6) is 5.75 Å². The van der Waals surface area contributed by atoms with Crippen LogP contribution in [0.3, 0.4) is 0 Å². The van der Waals surface area contributed by atoms with Crippen LogP contribution in [-0.4, -0.2) is 21.5 Å². The van der Waals surface area contributed by atoms with Gasteiger partial charge in [-0.2, -0.15) is 0 Å². The van der Waals surface area contributed by atoms with Gasteiger partial charge in [-0.1, -0.05) is 6.07 Å². The van der Waals surface area contributed by atoms with Crippen molar-refractivity contribution in [3.8, 4) is 5.75 Å². The zero-order valence-electron chi connectivity index (χ0n) is 11.9. The van der Waals surface area contributed by atoms with Gasteiger partial charge in [0.25, 0.3) is 5.69 Å². The van der Waals surface area contributed by atoms with Crippen LogP contribution in [0.25, 0.3) is 0 Å². The van der Waals surface area contributed by atoms with E-state index in [4.69, 9.17) is 5.73 Å². The second-order valence-electron chi connectivity index (χ2n) is 5.73. The van der Waals surface area contributed by atoms with Crippen molar-refractivity contribution in [2.24, 2.45) is 11.1 Å². The van der Waals surface area contributed by atoms with Gasteiger partial charge >= 0.3 is 0 Å². The summed E-state index contributed by atoms with van der Waals surface area (Å²) < 4.78 is 0. The Labute approximate surface area is 116 Å². The average molecular weight is 281 g/mol. The molecule has 0 aliphatic heterocycles. The first-order valence-corrected chi connectivity index (χ1v) is 6.05. The number of nitro benzene ring substituents is 1. The number of nitrogens with two attached hydrogens (primary N) is 1. The van der Waals surface area contributed by atoms with Crippen LogP contribution in [0.2, 0.25) is 0 Å². The smallest absolute Gasteiger partial charge is 0.296 e. The summed E-state index contributed by atoms with van der Waals surface area (Å²) in [7, 11) is 0. The van der Waals surface area contributed by atoms with Crippen molar-refractivity contribution in [1.82, 2.24) is 0 Å². The maximum absolute atomic E-state index is 12.3. The molecular weight excluding hydrogens is 262 g/mol. The number of amides is 1. The van der Waals surface area contributed by atoms with E-state index >= 15 is 0 Å². The predicted octanol–water partition coefficient (Wildman–Crippen LogP) is 2.00. The van der Waals surface area contributed by atoms with Crippen LogP contribution < -0.4 is 11.1 Å². The number of nitro groups is 1. The molecule has 0 atom stereocenters. The van der Waals surface area contributed by atoms with Gasteiger partial charge < -0.3 is 16.2 Å². The summed E-state index contributed by atoms with van der Waals surface area (Å²) in [4.78, 5) is 22.5. The molecule has 0 aliphatic carbocycles. The molecule has 0 saturated carbocycles. The molecule has 7 nitrogen and oxygen atoms in total. The molecule has 1 rings (SSSR count). The highest BCUT2D eigenvalue weighted by atomic mass is 16.6. The molecule has 0 unspecified atom stereocenters. The first-order chi connectivity index (χ1) is 8.98. The van der Waals surface area contributed by atoms with E-state index in [9.17, 15) is 20.0 Å². The third-order valence-corrected chi connectivity index (χ3v) is 3.63. The van der Waals surface area contributed by atoms with E-state index in [1.54, 1.807) is 27.7 Å². The summed E-state index contributed by atoms with van der Waals surface area (Å²) in [5.74, 6) is -0.868. The molecule has 0 aliphatic rings. The lowest BCUT2D eigenvalue weighted by Crippen LogP contribution is -2.53. The number of phenols is 1. The lowest BCUT2D eigenvalue weighted by molar-refractivity contribution is -0.384. The Balaban J connectivity index is 3.18. The third kappa shape index (κ3) is 2.88. The average Bonchev–Trinajstić information content (AvgIpc) is 2.29. The molecule has 1 aromatic carbocycles. The number of carbonyl (C=O) groups excluding carboxylic acids is 1. The van der Waals surface area contributed by atoms with Gasteiger partial charge in [-0.25, -0.2) is 0 Å². The Morgan fingerprint density at radius 2 is 1.90 bits per heavy atom. The summed E-state index contributed by atoms with van der Waals surface area (Å²) in [6, 6.07) is 3.81. The lowest BCUT2D eigenvalue weighted by Gasteiger charge is -2.36. The van der Waals surface area contributed by atoms with Gasteiger partial charge in [-0.15, -0.1) is 0 Å². The highest BCUT2D eigenvalue weighted by molar-refractivity contribution is 5.99. The van der Waals surface area contributed by atoms with Crippen LogP contribution in [0.4, 0.5) is 11.4 Å². The van der Waals surface area contributed by atoms with E-state index in [-0.39, 0.29) is 17.1 Å². The number of carbonyl (C=O) groups is 1. The summed E-state index contributed by atoms with van der Waals surface area (Å²) in [5, 5.41) is 23.0. The third-order valence-electron chi connectivity index (χ3n) is 3.63. The minimum Gasteiger partial charge on any atom is -0.505 e. The Kier molecular flexibility index (Phi) is 4.04. The number of hydrogen-bond donors (Lipinski definition) is 3. The topological polar surface area (TPSA) is 118 Å². The normalized spacial score (nSPS) is 12.1. The molecule has 1 aromatic rings. The Hall–Kier alpha value is -2.15. The Morgan fingerprint density at radius 1 is 1.35 bits per heavy atom. The number of hydrogen-bond acceptors (Lipinski definition) is 5. The number of aromatic hydroxyl groups is 1. The van der Waals surface area contributed by atoms with Crippen LogP contribution in [0, 0.1) is 15.5 Å². The minimum absolute atomic E-state index is 0.222. The number of rotatable bonds is 4. The minimum atomic E-state index is -0.983. The maximum atomic E-state index is 12.3. The molecule has 0 heterocycles. The summed E-state index contributed by atoms with van der Waals surface area (Å²) >= 11 is 0. The lowest BCUT2D eigenvalue weighted by atomic mass is 9.74. The molecule has 0 bridgehead atoms. The molecule has 4 N–H and O–H groups in total. The van der Waals surface area contributed by atoms with Crippen LogP contribution in [0.15, 0.2) is 18.2 Å². The second kappa shape index (κ2) is 5.09. The maximum Gasteiger partial charge on any atom is 0.296 e. The van der Waals surface area contributed by atoms with Crippen molar-refractivity contribution in [2.75, 3.05) is 5.32 Å². The van der Waals surface area contributed by atoms with Crippen molar-refractivity contribution in [2.45, 2.75) is 33.2 Å². The number of nitrogens with one attached hydrogen (secondary N) is 1. The molecule has 0 aromatic heterocycles. The van der Waals surface area contributed by atoms with E-state index in [2.05, 4.69) is 5.32 Å². The van der Waals surface area contributed by atoms with Crippen LogP contribution in [0.1, 0.15) is 27.7 Å². The van der Waals surface area contributed by atoms with Gasteiger partial charge in [-0.05, 0) is 33.8 Å². The zero-order valence-corrected chi connectivity index (χ0v) is 11.9. The monoisotopic (exact) mass is 281 g/mol. The summed E-state index contributed by atoms with van der Waals surface area (Å²) in [6.45, 7) is 6.64. The van der Waals surface area contributed by atoms with Crippen molar-refractivity contribution >= 4 is 17.3 Å². The fourth-order valence-corrected chi connectivity index (χ4v) is 1.37. The summed E-state index contributed by atoms with van der Waals surface area (Å²) in [5.41, 5.74) is 3.53. The molecule has 0 spiro atoms. The SMILES string of the molecule is CC(C)(N)C(C)(C)C(=O)Nc1c(O)cccc1[N+](=O)[O-]. The molecule has 7 heteroatoms. The van der Waals surface area contributed by atoms with Crippen molar-refractivity contribution in [1.29, 1.82) is 0 Å². The molecular formula is C13H19N3O4. The summed E-state index contributed by atoms with van der Waals surface area (Å²) in [6.07, 6.45) is 0. The molecule has 20 heavy (non-hydrogen) atoms. The molecule has 0 fully saturated rings. The van der Waals surface area contributed by atoms with Gasteiger partial charge in [0, 0.05) is 11.6 Å². The molecule has 0 radical (unpaired) electrons. The van der Waals surface area contributed by atoms with E-state index in [0.717, 1.165) is 0 Å². The molecule has 110 valence electrons. The van der Waals surface area contributed by atoms with Crippen molar-refractivity contribution in [3.05, 3.63) is 28.3 Å². The van der Waals surface area contributed by atoms with Gasteiger partial charge in [0.15, 0.2) is 5.69 Å².